The molecule has 4 atom stereocenters. The van der Waals surface area contributed by atoms with Gasteiger partial charge in [0.25, 0.3) is 0 Å². The smallest absolute Gasteiger partial charge is 0.324 e. The number of nitrogens with zero attached hydrogens (tertiary/aromatic N) is 1. The van der Waals surface area contributed by atoms with E-state index in [1.165, 1.54) is 0 Å². The summed E-state index contributed by atoms with van der Waals surface area (Å²) in [4.78, 5) is 13.2. The van der Waals surface area contributed by atoms with Crippen LogP contribution in [-0.2, 0) is 4.79 Å². The first-order valence-electron chi connectivity index (χ1n) is 4.62. The Bertz CT molecular complexity index is 264. The lowest BCUT2D eigenvalue weighted by atomic mass is 10.0. The molecule has 4 aliphatic rings. The second-order valence-corrected chi connectivity index (χ2v) is 4.59. The Hall–Kier alpha value is -0.570. The van der Waals surface area contributed by atoms with Gasteiger partial charge in [-0.1, -0.05) is 0 Å². The van der Waals surface area contributed by atoms with E-state index in [0.29, 0.717) is 17.9 Å². The van der Waals surface area contributed by atoms with Gasteiger partial charge in [0, 0.05) is 12.6 Å². The van der Waals surface area contributed by atoms with E-state index in [1.807, 2.05) is 0 Å². The second kappa shape index (κ2) is 1.55. The first kappa shape index (κ1) is 6.89. The van der Waals surface area contributed by atoms with Gasteiger partial charge in [-0.25, -0.2) is 0 Å². The third-order valence-electron chi connectivity index (χ3n) is 3.92. The molecular formula is C9H13NO2. The van der Waals surface area contributed by atoms with E-state index in [4.69, 9.17) is 5.11 Å². The summed E-state index contributed by atoms with van der Waals surface area (Å²) < 4.78 is 0. The lowest BCUT2D eigenvalue weighted by Gasteiger charge is -2.27. The number of carboxylic acid groups (broad SMARTS) is 1. The van der Waals surface area contributed by atoms with Crippen molar-refractivity contribution in [3.8, 4) is 0 Å². The highest BCUT2D eigenvalue weighted by molar-refractivity contribution is 5.89. The molecule has 66 valence electrons. The number of carboxylic acids is 1. The Balaban J connectivity index is 1.94. The molecule has 2 aliphatic carbocycles. The van der Waals surface area contributed by atoms with E-state index in [2.05, 4.69) is 18.7 Å². The quantitative estimate of drug-likeness (QED) is 0.647. The molecule has 2 saturated heterocycles. The van der Waals surface area contributed by atoms with Gasteiger partial charge in [-0.3, -0.25) is 9.69 Å². The first-order chi connectivity index (χ1) is 5.61. The van der Waals surface area contributed by atoms with Crippen LogP contribution in [0.5, 0.6) is 0 Å². The maximum absolute atomic E-state index is 11.1. The number of carbonyl (C=O) groups is 1. The monoisotopic (exact) mass is 167 g/mol. The van der Waals surface area contributed by atoms with Gasteiger partial charge in [-0.2, -0.15) is 0 Å². The minimum absolute atomic E-state index is 0.390. The van der Waals surface area contributed by atoms with Crippen LogP contribution in [0.1, 0.15) is 13.8 Å². The minimum Gasteiger partial charge on any atom is -0.480 e. The number of hydrogen-bond donors (Lipinski definition) is 1. The van der Waals surface area contributed by atoms with Gasteiger partial charge in [-0.05, 0) is 31.6 Å². The predicted octanol–water partition coefficient (Wildman–Crippen LogP) is 0.410. The summed E-state index contributed by atoms with van der Waals surface area (Å²) >= 11 is 0. The summed E-state index contributed by atoms with van der Waals surface area (Å²) in [6, 6.07) is 0.390. The summed E-state index contributed by atoms with van der Waals surface area (Å²) in [7, 11) is 0. The fourth-order valence-corrected chi connectivity index (χ4v) is 3.37. The third-order valence-corrected chi connectivity index (χ3v) is 3.92. The molecule has 0 aromatic heterocycles. The summed E-state index contributed by atoms with van der Waals surface area (Å²) in [5, 5.41) is 9.11. The molecule has 1 N–H and O–H groups in total. The van der Waals surface area contributed by atoms with Crippen molar-refractivity contribution in [2.75, 3.05) is 6.54 Å². The van der Waals surface area contributed by atoms with Crippen LogP contribution < -0.4 is 0 Å². The molecule has 3 heteroatoms. The van der Waals surface area contributed by atoms with Crippen molar-refractivity contribution >= 4 is 5.97 Å². The zero-order chi connectivity index (χ0) is 8.67. The lowest BCUT2D eigenvalue weighted by molar-refractivity contribution is -0.146. The average molecular weight is 167 g/mol. The van der Waals surface area contributed by atoms with E-state index < -0.39 is 11.5 Å². The SMILES string of the molecule is CC(C)N1CC2C3[C@@H]2C31C(=O)O. The van der Waals surface area contributed by atoms with Gasteiger partial charge in [-0.15, -0.1) is 0 Å². The maximum atomic E-state index is 11.1. The molecule has 0 spiro atoms. The Kier molecular flexibility index (Phi) is 0.893. The van der Waals surface area contributed by atoms with Gasteiger partial charge in [0.05, 0.1) is 0 Å². The number of piperidine rings is 1. The normalized spacial score (nSPS) is 54.1. The van der Waals surface area contributed by atoms with Crippen molar-refractivity contribution in [3.63, 3.8) is 0 Å². The Morgan fingerprint density at radius 2 is 2.17 bits per heavy atom. The topological polar surface area (TPSA) is 40.5 Å². The fraction of sp³-hybridized carbons (Fsp3) is 0.889. The molecule has 3 unspecified atom stereocenters. The number of rotatable bonds is 2. The molecule has 0 radical (unpaired) electrons. The second-order valence-electron chi connectivity index (χ2n) is 4.59. The Morgan fingerprint density at radius 3 is 2.50 bits per heavy atom. The van der Waals surface area contributed by atoms with E-state index in [1.54, 1.807) is 0 Å². The summed E-state index contributed by atoms with van der Waals surface area (Å²) in [5.74, 6) is 1.21. The molecule has 0 aromatic carbocycles. The predicted molar refractivity (Wildman–Crippen MR) is 42.7 cm³/mol. The zero-order valence-electron chi connectivity index (χ0n) is 7.32. The molecule has 12 heavy (non-hydrogen) atoms. The Morgan fingerprint density at radius 1 is 1.58 bits per heavy atom. The van der Waals surface area contributed by atoms with Crippen LogP contribution >= 0.6 is 0 Å². The van der Waals surface area contributed by atoms with Gasteiger partial charge < -0.3 is 5.11 Å². The molecular weight excluding hydrogens is 154 g/mol. The summed E-state index contributed by atoms with van der Waals surface area (Å²) in [6.07, 6.45) is 0. The van der Waals surface area contributed by atoms with Crippen molar-refractivity contribution < 1.29 is 9.90 Å². The van der Waals surface area contributed by atoms with Crippen molar-refractivity contribution in [2.45, 2.75) is 25.4 Å². The molecule has 2 saturated carbocycles. The molecule has 4 rings (SSSR count). The molecule has 0 aromatic rings. The van der Waals surface area contributed by atoms with Crippen molar-refractivity contribution in [2.24, 2.45) is 17.8 Å². The molecule has 4 fully saturated rings. The van der Waals surface area contributed by atoms with Crippen LogP contribution in [0.4, 0.5) is 0 Å². The largest absolute Gasteiger partial charge is 0.480 e. The molecule has 2 bridgehead atoms. The maximum Gasteiger partial charge on any atom is 0.324 e. The highest BCUT2D eigenvalue weighted by Gasteiger charge is 2.94. The molecule has 2 aliphatic heterocycles. The summed E-state index contributed by atoms with van der Waals surface area (Å²) in [5.41, 5.74) is -0.390. The van der Waals surface area contributed by atoms with Crippen LogP contribution in [0.2, 0.25) is 0 Å². The van der Waals surface area contributed by atoms with Crippen LogP contribution in [0.25, 0.3) is 0 Å². The van der Waals surface area contributed by atoms with E-state index in [9.17, 15) is 4.79 Å². The number of aliphatic carboxylic acids is 1. The molecule has 3 nitrogen and oxygen atoms in total. The number of fused-ring (bicyclic) bond motifs is 1. The van der Waals surface area contributed by atoms with Crippen LogP contribution in [0.3, 0.4) is 0 Å². The van der Waals surface area contributed by atoms with Gasteiger partial charge in [0.1, 0.15) is 5.54 Å². The van der Waals surface area contributed by atoms with Crippen molar-refractivity contribution in [3.05, 3.63) is 0 Å². The lowest BCUT2D eigenvalue weighted by Crippen LogP contribution is -2.45. The van der Waals surface area contributed by atoms with Gasteiger partial charge in [0.15, 0.2) is 0 Å². The van der Waals surface area contributed by atoms with Gasteiger partial charge in [0.2, 0.25) is 0 Å². The highest BCUT2D eigenvalue weighted by atomic mass is 16.4. The summed E-state index contributed by atoms with van der Waals surface area (Å²) in [6.45, 7) is 5.20. The van der Waals surface area contributed by atoms with Gasteiger partial charge >= 0.3 is 5.97 Å². The average Bonchev–Trinajstić information content (AvgIpc) is 2.75. The van der Waals surface area contributed by atoms with Crippen LogP contribution in [0, 0.1) is 17.8 Å². The highest BCUT2D eigenvalue weighted by Crippen LogP contribution is 2.83. The van der Waals surface area contributed by atoms with E-state index in [-0.39, 0.29) is 0 Å². The Labute approximate surface area is 71.4 Å². The molecule has 2 heterocycles. The van der Waals surface area contributed by atoms with Crippen molar-refractivity contribution in [1.82, 2.24) is 4.90 Å². The standard InChI is InChI=1S/C9H13NO2/c1-4(2)10-3-5-6-7(5)9(6,10)8(11)12/h4-7H,3H2,1-2H3,(H,11,12)/t5?,6-,7?,9?/m1/s1. The van der Waals surface area contributed by atoms with Crippen molar-refractivity contribution in [1.29, 1.82) is 0 Å². The fourth-order valence-electron chi connectivity index (χ4n) is 3.37. The van der Waals surface area contributed by atoms with Crippen LogP contribution in [-0.4, -0.2) is 34.1 Å². The first-order valence-corrected chi connectivity index (χ1v) is 4.62. The number of hydrogen-bond acceptors (Lipinski definition) is 2. The minimum atomic E-state index is -0.583. The van der Waals surface area contributed by atoms with E-state index >= 15 is 0 Å². The zero-order valence-corrected chi connectivity index (χ0v) is 7.32. The molecule has 0 amide bonds. The van der Waals surface area contributed by atoms with Crippen LogP contribution in [0.15, 0.2) is 0 Å². The van der Waals surface area contributed by atoms with E-state index in [0.717, 1.165) is 12.5 Å². The third kappa shape index (κ3) is 0.431.